The molecule has 0 radical (unpaired) electrons. The summed E-state index contributed by atoms with van der Waals surface area (Å²) >= 11 is 6.31. The molecule has 2 aliphatic rings. The molecule has 0 spiro atoms. The van der Waals surface area contributed by atoms with Gasteiger partial charge in [0.05, 0.1) is 5.69 Å². The number of aryl methyl sites for hydroxylation is 2. The number of hydrogen-bond acceptors (Lipinski definition) is 3. The number of rotatable bonds is 1. The van der Waals surface area contributed by atoms with Crippen LogP contribution in [0.15, 0.2) is 66.6 Å². The molecule has 0 unspecified atom stereocenters. The first-order chi connectivity index (χ1) is 15.2. The SMILES string of the molecule is O=C(Nc1ccncc1)N1CCC(=C2c3ccc(Cl)cc3CCc3cccnc32)CC1. The number of aromatic nitrogens is 2. The lowest BCUT2D eigenvalue weighted by atomic mass is 9.88. The number of halogens is 1. The summed E-state index contributed by atoms with van der Waals surface area (Å²) in [6.07, 6.45) is 8.79. The van der Waals surface area contributed by atoms with Crippen molar-refractivity contribution in [3.63, 3.8) is 0 Å². The second kappa shape index (κ2) is 8.52. The Hall–Kier alpha value is -3.18. The zero-order valence-corrected chi connectivity index (χ0v) is 17.9. The molecular weight excluding hydrogens is 408 g/mol. The van der Waals surface area contributed by atoms with Gasteiger partial charge in [0.15, 0.2) is 0 Å². The standard InChI is InChI=1S/C25H23ClN4O/c26-20-5-6-22-19(16-20)4-3-18-2-1-11-28-24(18)23(22)17-9-14-30(15-10-17)25(31)29-21-7-12-27-13-8-21/h1-2,5-8,11-13,16H,3-4,9-10,14-15H2,(H,27,29,31). The van der Waals surface area contributed by atoms with Gasteiger partial charge >= 0.3 is 6.03 Å². The van der Waals surface area contributed by atoms with Crippen LogP contribution in [0.1, 0.15) is 35.2 Å². The van der Waals surface area contributed by atoms with Crippen LogP contribution in [0.3, 0.4) is 0 Å². The summed E-state index contributed by atoms with van der Waals surface area (Å²) in [5.74, 6) is 0. The molecule has 6 heteroatoms. The number of hydrogen-bond donors (Lipinski definition) is 1. The van der Waals surface area contributed by atoms with Crippen LogP contribution >= 0.6 is 11.6 Å². The van der Waals surface area contributed by atoms with Crippen LogP contribution in [-0.4, -0.2) is 34.0 Å². The minimum absolute atomic E-state index is 0.0678. The quantitative estimate of drug-likeness (QED) is 0.565. The van der Waals surface area contributed by atoms with Gasteiger partial charge in [-0.2, -0.15) is 0 Å². The number of urea groups is 1. The summed E-state index contributed by atoms with van der Waals surface area (Å²) in [7, 11) is 0. The molecule has 1 aliphatic carbocycles. The molecule has 1 saturated heterocycles. The van der Waals surface area contributed by atoms with Crippen molar-refractivity contribution in [1.29, 1.82) is 0 Å². The van der Waals surface area contributed by atoms with Crippen LogP contribution in [0.5, 0.6) is 0 Å². The number of amides is 2. The lowest BCUT2D eigenvalue weighted by Gasteiger charge is -2.30. The molecule has 0 saturated carbocycles. The zero-order valence-electron chi connectivity index (χ0n) is 17.1. The number of benzene rings is 1. The Balaban J connectivity index is 1.45. The maximum atomic E-state index is 12.7. The lowest BCUT2D eigenvalue weighted by molar-refractivity contribution is 0.207. The molecule has 1 N–H and O–H groups in total. The Morgan fingerprint density at radius 1 is 0.935 bits per heavy atom. The summed E-state index contributed by atoms with van der Waals surface area (Å²) in [4.78, 5) is 23.3. The van der Waals surface area contributed by atoms with Crippen LogP contribution in [-0.2, 0) is 12.8 Å². The average Bonchev–Trinajstić information content (AvgIpc) is 2.96. The van der Waals surface area contributed by atoms with E-state index >= 15 is 0 Å². The van der Waals surface area contributed by atoms with E-state index in [0.717, 1.165) is 42.1 Å². The summed E-state index contributed by atoms with van der Waals surface area (Å²) < 4.78 is 0. The van der Waals surface area contributed by atoms with E-state index in [4.69, 9.17) is 16.6 Å². The maximum absolute atomic E-state index is 12.7. The molecule has 2 aromatic heterocycles. The number of anilines is 1. The van der Waals surface area contributed by atoms with E-state index in [0.29, 0.717) is 13.1 Å². The number of carbonyl (C=O) groups excluding carboxylic acids is 1. The Kier molecular flexibility index (Phi) is 5.43. The number of nitrogens with zero attached hydrogens (tertiary/aromatic N) is 3. The number of nitrogens with one attached hydrogen (secondary N) is 1. The number of fused-ring (bicyclic) bond motifs is 2. The van der Waals surface area contributed by atoms with Gasteiger partial charge in [-0.1, -0.05) is 29.3 Å². The van der Waals surface area contributed by atoms with Crippen LogP contribution < -0.4 is 5.32 Å². The van der Waals surface area contributed by atoms with E-state index in [1.807, 2.05) is 23.2 Å². The van der Waals surface area contributed by atoms with E-state index in [-0.39, 0.29) is 6.03 Å². The van der Waals surface area contributed by atoms with E-state index in [2.05, 4.69) is 28.5 Å². The highest BCUT2D eigenvalue weighted by atomic mass is 35.5. The van der Waals surface area contributed by atoms with Crippen molar-refractivity contribution < 1.29 is 4.79 Å². The molecule has 156 valence electrons. The third-order valence-electron chi connectivity index (χ3n) is 6.07. The van der Waals surface area contributed by atoms with Crippen molar-refractivity contribution >= 4 is 28.9 Å². The van der Waals surface area contributed by atoms with Gasteiger partial charge in [-0.25, -0.2) is 4.79 Å². The minimum atomic E-state index is -0.0678. The molecule has 3 heterocycles. The van der Waals surface area contributed by atoms with Gasteiger partial charge < -0.3 is 10.2 Å². The first-order valence-electron chi connectivity index (χ1n) is 10.6. The highest BCUT2D eigenvalue weighted by Crippen LogP contribution is 2.38. The Morgan fingerprint density at radius 2 is 1.71 bits per heavy atom. The fourth-order valence-corrected chi connectivity index (χ4v) is 4.70. The fraction of sp³-hybridized carbons (Fsp3) is 0.240. The second-order valence-electron chi connectivity index (χ2n) is 7.94. The summed E-state index contributed by atoms with van der Waals surface area (Å²) in [5.41, 5.74) is 8.20. The molecular formula is C25H23ClN4O. The van der Waals surface area contributed by atoms with Crippen molar-refractivity contribution in [3.8, 4) is 0 Å². The van der Waals surface area contributed by atoms with Crippen molar-refractivity contribution in [3.05, 3.63) is 94.0 Å². The van der Waals surface area contributed by atoms with Crippen molar-refractivity contribution in [2.75, 3.05) is 18.4 Å². The molecule has 1 fully saturated rings. The third kappa shape index (κ3) is 4.06. The largest absolute Gasteiger partial charge is 0.324 e. The molecule has 3 aromatic rings. The normalized spacial score (nSPS) is 15.7. The van der Waals surface area contributed by atoms with Crippen molar-refractivity contribution in [2.24, 2.45) is 0 Å². The average molecular weight is 431 g/mol. The Bertz CT molecular complexity index is 1150. The number of carbonyl (C=O) groups is 1. The highest BCUT2D eigenvalue weighted by molar-refractivity contribution is 6.30. The molecule has 0 bridgehead atoms. The third-order valence-corrected chi connectivity index (χ3v) is 6.30. The first-order valence-corrected chi connectivity index (χ1v) is 11.0. The van der Waals surface area contributed by atoms with Crippen LogP contribution in [0.25, 0.3) is 5.57 Å². The van der Waals surface area contributed by atoms with Gasteiger partial charge in [-0.3, -0.25) is 9.97 Å². The van der Waals surface area contributed by atoms with E-state index in [1.54, 1.807) is 24.5 Å². The highest BCUT2D eigenvalue weighted by Gasteiger charge is 2.26. The molecule has 31 heavy (non-hydrogen) atoms. The maximum Gasteiger partial charge on any atom is 0.321 e. The van der Waals surface area contributed by atoms with Crippen molar-refractivity contribution in [1.82, 2.24) is 14.9 Å². The zero-order chi connectivity index (χ0) is 21.2. The van der Waals surface area contributed by atoms with Crippen molar-refractivity contribution in [2.45, 2.75) is 25.7 Å². The Morgan fingerprint density at radius 3 is 2.52 bits per heavy atom. The van der Waals surface area contributed by atoms with Crippen LogP contribution in [0.4, 0.5) is 10.5 Å². The van der Waals surface area contributed by atoms with Gasteiger partial charge in [0.2, 0.25) is 0 Å². The molecule has 1 aliphatic heterocycles. The fourth-order valence-electron chi connectivity index (χ4n) is 4.50. The van der Waals surface area contributed by atoms with E-state index < -0.39 is 0 Å². The smallest absolute Gasteiger partial charge is 0.321 e. The summed E-state index contributed by atoms with van der Waals surface area (Å²) in [5, 5.41) is 3.73. The van der Waals surface area contributed by atoms with Crippen LogP contribution in [0, 0.1) is 0 Å². The predicted octanol–water partition coefficient (Wildman–Crippen LogP) is 5.36. The topological polar surface area (TPSA) is 58.1 Å². The summed E-state index contributed by atoms with van der Waals surface area (Å²) in [6.45, 7) is 1.36. The number of piperidine rings is 1. The van der Waals surface area contributed by atoms with E-state index in [1.165, 1.54) is 27.8 Å². The number of likely N-dealkylation sites (tertiary alicyclic amines) is 1. The van der Waals surface area contributed by atoms with Gasteiger partial charge in [0.25, 0.3) is 0 Å². The van der Waals surface area contributed by atoms with Gasteiger partial charge in [-0.05, 0) is 72.7 Å². The lowest BCUT2D eigenvalue weighted by Crippen LogP contribution is -2.39. The molecule has 0 atom stereocenters. The monoisotopic (exact) mass is 430 g/mol. The molecule has 5 rings (SSSR count). The van der Waals surface area contributed by atoms with Gasteiger partial charge in [-0.15, -0.1) is 0 Å². The van der Waals surface area contributed by atoms with E-state index in [9.17, 15) is 4.79 Å². The van der Waals surface area contributed by atoms with Gasteiger partial charge in [0.1, 0.15) is 0 Å². The van der Waals surface area contributed by atoms with Gasteiger partial charge in [0, 0.05) is 48.0 Å². The molecule has 5 nitrogen and oxygen atoms in total. The molecule has 2 amide bonds. The Labute approximate surface area is 186 Å². The summed E-state index contributed by atoms with van der Waals surface area (Å²) in [6, 6.07) is 13.9. The second-order valence-corrected chi connectivity index (χ2v) is 8.38. The predicted molar refractivity (Wildman–Crippen MR) is 123 cm³/mol. The molecule has 1 aromatic carbocycles. The number of pyridine rings is 2. The minimum Gasteiger partial charge on any atom is -0.324 e. The first kappa shape index (κ1) is 19.8. The van der Waals surface area contributed by atoms with Crippen LogP contribution in [0.2, 0.25) is 5.02 Å².